The first kappa shape index (κ1) is 18.8. The van der Waals surface area contributed by atoms with Crippen molar-refractivity contribution in [1.82, 2.24) is 9.80 Å². The van der Waals surface area contributed by atoms with Gasteiger partial charge in [0.25, 0.3) is 0 Å². The highest BCUT2D eigenvalue weighted by Gasteiger charge is 2.35. The van der Waals surface area contributed by atoms with E-state index in [1.54, 1.807) is 19.1 Å². The molecule has 0 amide bonds. The summed E-state index contributed by atoms with van der Waals surface area (Å²) in [5.74, 6) is -1.02. The van der Waals surface area contributed by atoms with E-state index >= 15 is 0 Å². The molecule has 2 aliphatic heterocycles. The standard InChI is InChI=1S/C8H15NO3.C6H11NO3/c1-9-5-6(11-2)4-7(9)8(10)12-3;1-7-3-4(8)2-5(7)6(9)10/h6-7H,4-5H2,1-3H3;4-5,8H,2-3H2,1H3,(H,9,10)/t6-,7-;4-,5-/m00/s1. The zero-order chi connectivity index (χ0) is 16.9. The lowest BCUT2D eigenvalue weighted by molar-refractivity contribution is -0.145. The summed E-state index contributed by atoms with van der Waals surface area (Å²) in [6, 6.07) is -0.616. The van der Waals surface area contributed by atoms with E-state index < -0.39 is 18.1 Å². The molecule has 2 heterocycles. The predicted octanol–water partition coefficient (Wildman–Crippen LogP) is -0.985. The van der Waals surface area contributed by atoms with Gasteiger partial charge >= 0.3 is 11.9 Å². The first-order valence-corrected chi connectivity index (χ1v) is 7.22. The number of methoxy groups -OCH3 is 2. The molecule has 0 aliphatic carbocycles. The Balaban J connectivity index is 0.000000224. The quantitative estimate of drug-likeness (QED) is 0.640. The summed E-state index contributed by atoms with van der Waals surface area (Å²) in [7, 11) is 6.68. The smallest absolute Gasteiger partial charge is 0.323 e. The lowest BCUT2D eigenvalue weighted by Gasteiger charge is -2.15. The average molecular weight is 318 g/mol. The van der Waals surface area contributed by atoms with Crippen molar-refractivity contribution in [3.63, 3.8) is 0 Å². The van der Waals surface area contributed by atoms with Crippen LogP contribution in [0.1, 0.15) is 12.8 Å². The third-order valence-electron chi connectivity index (χ3n) is 4.13. The molecule has 0 spiro atoms. The fourth-order valence-corrected chi connectivity index (χ4v) is 2.80. The number of rotatable bonds is 3. The fourth-order valence-electron chi connectivity index (χ4n) is 2.80. The third kappa shape index (κ3) is 4.91. The molecule has 8 heteroatoms. The van der Waals surface area contributed by atoms with Crippen LogP contribution in [0.5, 0.6) is 0 Å². The van der Waals surface area contributed by atoms with Gasteiger partial charge < -0.3 is 19.7 Å². The highest BCUT2D eigenvalue weighted by atomic mass is 16.5. The van der Waals surface area contributed by atoms with E-state index in [0.717, 1.165) is 13.0 Å². The zero-order valence-electron chi connectivity index (χ0n) is 13.6. The Bertz CT molecular complexity index is 392. The molecule has 4 atom stereocenters. The summed E-state index contributed by atoms with van der Waals surface area (Å²) in [4.78, 5) is 25.2. The number of esters is 1. The van der Waals surface area contributed by atoms with Crippen molar-refractivity contribution < 1.29 is 29.3 Å². The number of likely N-dealkylation sites (tertiary alicyclic amines) is 2. The second-order valence-corrected chi connectivity index (χ2v) is 5.76. The number of carbonyl (C=O) groups excluding carboxylic acids is 1. The average Bonchev–Trinajstić information content (AvgIpc) is 3.01. The summed E-state index contributed by atoms with van der Waals surface area (Å²) in [6.07, 6.45) is 0.788. The summed E-state index contributed by atoms with van der Waals surface area (Å²) in [6.45, 7) is 1.27. The summed E-state index contributed by atoms with van der Waals surface area (Å²) in [5, 5.41) is 17.6. The maximum atomic E-state index is 11.2. The number of hydrogen-bond donors (Lipinski definition) is 2. The molecule has 0 aromatic carbocycles. The van der Waals surface area contributed by atoms with Gasteiger partial charge in [-0.15, -0.1) is 0 Å². The van der Waals surface area contributed by atoms with E-state index in [2.05, 4.69) is 4.74 Å². The van der Waals surface area contributed by atoms with Gasteiger partial charge in [0.2, 0.25) is 0 Å². The molecule has 0 unspecified atom stereocenters. The summed E-state index contributed by atoms with van der Waals surface area (Å²) < 4.78 is 9.82. The molecule has 2 aliphatic rings. The molecule has 2 saturated heterocycles. The van der Waals surface area contributed by atoms with Gasteiger partial charge in [-0.25, -0.2) is 0 Å². The van der Waals surface area contributed by atoms with E-state index in [0.29, 0.717) is 13.0 Å². The van der Waals surface area contributed by atoms with Gasteiger partial charge in [-0.05, 0) is 14.1 Å². The zero-order valence-corrected chi connectivity index (χ0v) is 13.6. The second kappa shape index (κ2) is 8.42. The molecule has 0 bridgehead atoms. The van der Waals surface area contributed by atoms with Crippen molar-refractivity contribution in [3.05, 3.63) is 0 Å². The minimum Gasteiger partial charge on any atom is -0.480 e. The minimum absolute atomic E-state index is 0.125. The number of carbonyl (C=O) groups is 2. The molecule has 0 saturated carbocycles. The van der Waals surface area contributed by atoms with Crippen molar-refractivity contribution in [3.8, 4) is 0 Å². The molecule has 2 fully saturated rings. The first-order chi connectivity index (χ1) is 10.3. The predicted molar refractivity (Wildman–Crippen MR) is 78.5 cm³/mol. The number of likely N-dealkylation sites (N-methyl/N-ethyl adjacent to an activating group) is 2. The number of carboxylic acids is 1. The van der Waals surface area contributed by atoms with Crippen LogP contribution in [-0.2, 0) is 19.1 Å². The summed E-state index contributed by atoms with van der Waals surface area (Å²) in [5.41, 5.74) is 0. The van der Waals surface area contributed by atoms with Crippen molar-refractivity contribution in [1.29, 1.82) is 0 Å². The number of β-amino-alcohol motifs (C(OH)–C–C–N with tert-alkyl or cyclic N) is 1. The molecule has 0 aromatic rings. The molecule has 128 valence electrons. The Hall–Kier alpha value is -1.22. The SMILES string of the molecule is CN1C[C@@H](O)C[C@H]1C(=O)O.COC(=O)[C@@H]1C[C@H](OC)CN1C. The molecular formula is C14H26N2O6. The highest BCUT2D eigenvalue weighted by Crippen LogP contribution is 2.18. The first-order valence-electron chi connectivity index (χ1n) is 7.22. The van der Waals surface area contributed by atoms with E-state index in [1.807, 2.05) is 11.9 Å². The van der Waals surface area contributed by atoms with Gasteiger partial charge in [-0.3, -0.25) is 19.4 Å². The van der Waals surface area contributed by atoms with Crippen molar-refractivity contribution in [2.45, 2.75) is 37.1 Å². The highest BCUT2D eigenvalue weighted by molar-refractivity contribution is 5.76. The Labute approximate surface area is 130 Å². The molecular weight excluding hydrogens is 292 g/mol. The lowest BCUT2D eigenvalue weighted by atomic mass is 10.2. The maximum Gasteiger partial charge on any atom is 0.323 e. The van der Waals surface area contributed by atoms with Crippen molar-refractivity contribution >= 4 is 11.9 Å². The van der Waals surface area contributed by atoms with Crippen LogP contribution in [-0.4, -0.2) is 97.6 Å². The number of aliphatic hydroxyl groups excluding tert-OH is 1. The van der Waals surface area contributed by atoms with Gasteiger partial charge in [-0.2, -0.15) is 0 Å². The minimum atomic E-state index is -0.848. The largest absolute Gasteiger partial charge is 0.480 e. The Morgan fingerprint density at radius 2 is 1.64 bits per heavy atom. The maximum absolute atomic E-state index is 11.2. The number of nitrogens with zero attached hydrogens (tertiary/aromatic N) is 2. The Morgan fingerprint density at radius 3 is 1.95 bits per heavy atom. The molecule has 8 nitrogen and oxygen atoms in total. The topological polar surface area (TPSA) is 99.5 Å². The van der Waals surface area contributed by atoms with Crippen LogP contribution in [0.15, 0.2) is 0 Å². The monoisotopic (exact) mass is 318 g/mol. The van der Waals surface area contributed by atoms with Crippen LogP contribution in [0.2, 0.25) is 0 Å². The van der Waals surface area contributed by atoms with Gasteiger partial charge in [0.05, 0.1) is 19.3 Å². The number of aliphatic hydroxyl groups is 1. The van der Waals surface area contributed by atoms with Crippen LogP contribution in [0.25, 0.3) is 0 Å². The van der Waals surface area contributed by atoms with Crippen LogP contribution >= 0.6 is 0 Å². The van der Waals surface area contributed by atoms with Gasteiger partial charge in [-0.1, -0.05) is 0 Å². The summed E-state index contributed by atoms with van der Waals surface area (Å²) >= 11 is 0. The van der Waals surface area contributed by atoms with Gasteiger partial charge in [0.15, 0.2) is 0 Å². The molecule has 0 aromatic heterocycles. The number of ether oxygens (including phenoxy) is 2. The van der Waals surface area contributed by atoms with E-state index in [9.17, 15) is 9.59 Å². The van der Waals surface area contributed by atoms with E-state index in [1.165, 1.54) is 7.11 Å². The van der Waals surface area contributed by atoms with E-state index in [-0.39, 0.29) is 18.1 Å². The van der Waals surface area contributed by atoms with Crippen molar-refractivity contribution in [2.24, 2.45) is 0 Å². The van der Waals surface area contributed by atoms with E-state index in [4.69, 9.17) is 14.9 Å². The lowest BCUT2D eigenvalue weighted by Crippen LogP contribution is -2.33. The molecule has 22 heavy (non-hydrogen) atoms. The third-order valence-corrected chi connectivity index (χ3v) is 4.13. The number of aliphatic carboxylic acids is 1. The number of hydrogen-bond acceptors (Lipinski definition) is 7. The van der Waals surface area contributed by atoms with Crippen molar-refractivity contribution in [2.75, 3.05) is 41.4 Å². The molecule has 2 rings (SSSR count). The fraction of sp³-hybridized carbons (Fsp3) is 0.857. The van der Waals surface area contributed by atoms with Crippen LogP contribution in [0, 0.1) is 0 Å². The second-order valence-electron chi connectivity index (χ2n) is 5.76. The van der Waals surface area contributed by atoms with Crippen LogP contribution in [0.3, 0.4) is 0 Å². The Morgan fingerprint density at radius 1 is 1.05 bits per heavy atom. The van der Waals surface area contributed by atoms with Gasteiger partial charge in [0, 0.05) is 33.0 Å². The van der Waals surface area contributed by atoms with Crippen LogP contribution < -0.4 is 0 Å². The Kier molecular flexibility index (Phi) is 7.21. The van der Waals surface area contributed by atoms with Gasteiger partial charge in [0.1, 0.15) is 12.1 Å². The normalized spacial score (nSPS) is 32.4. The van der Waals surface area contributed by atoms with Crippen LogP contribution in [0.4, 0.5) is 0 Å². The number of carboxylic acid groups (broad SMARTS) is 1. The molecule has 2 N–H and O–H groups in total. The molecule has 0 radical (unpaired) electrons.